The predicted octanol–water partition coefficient (Wildman–Crippen LogP) is 2.57. The highest BCUT2D eigenvalue weighted by Gasteiger charge is 2.25. The minimum Gasteiger partial charge on any atom is -0.496 e. The van der Waals surface area contributed by atoms with Crippen LogP contribution in [0, 0.1) is 0 Å². The summed E-state index contributed by atoms with van der Waals surface area (Å²) in [6, 6.07) is 13.8. The highest BCUT2D eigenvalue weighted by atomic mass is 16.5. The number of anilines is 1. The second-order valence-corrected chi connectivity index (χ2v) is 7.40. The number of morpholine rings is 1. The summed E-state index contributed by atoms with van der Waals surface area (Å²) in [5.74, 6) is 0.766. The number of methoxy groups -OCH3 is 2. The molecule has 1 fully saturated rings. The van der Waals surface area contributed by atoms with Gasteiger partial charge in [0.1, 0.15) is 17.1 Å². The number of hydrogen-bond donors (Lipinski definition) is 1. The third-order valence-corrected chi connectivity index (χ3v) is 5.39. The van der Waals surface area contributed by atoms with Crippen molar-refractivity contribution < 1.29 is 19.0 Å². The first-order chi connectivity index (χ1) is 14.5. The Hall–Kier alpha value is -2.77. The molecule has 1 atom stereocenters. The number of carbonyl (C=O) groups excluding carboxylic acids is 1. The van der Waals surface area contributed by atoms with E-state index in [0.717, 1.165) is 24.3 Å². The lowest BCUT2D eigenvalue weighted by Gasteiger charge is -2.35. The first-order valence-electron chi connectivity index (χ1n) is 10.1. The van der Waals surface area contributed by atoms with Crippen LogP contribution in [0.3, 0.4) is 0 Å². The first-order valence-corrected chi connectivity index (χ1v) is 10.1. The monoisotopic (exact) mass is 413 g/mol. The Balaban J connectivity index is 1.81. The second kappa shape index (κ2) is 10.3. The van der Waals surface area contributed by atoms with E-state index in [1.807, 2.05) is 14.1 Å². The van der Waals surface area contributed by atoms with Gasteiger partial charge in [-0.2, -0.15) is 0 Å². The van der Waals surface area contributed by atoms with E-state index in [1.54, 1.807) is 32.4 Å². The van der Waals surface area contributed by atoms with E-state index in [1.165, 1.54) is 0 Å². The Morgan fingerprint density at radius 3 is 2.20 bits per heavy atom. The number of nitrogens with zero attached hydrogens (tertiary/aromatic N) is 2. The zero-order valence-corrected chi connectivity index (χ0v) is 18.2. The number of carbonyl (C=O) groups is 1. The van der Waals surface area contributed by atoms with Crippen molar-refractivity contribution in [2.24, 2.45) is 0 Å². The zero-order chi connectivity index (χ0) is 21.5. The van der Waals surface area contributed by atoms with Gasteiger partial charge in [-0.1, -0.05) is 18.2 Å². The van der Waals surface area contributed by atoms with Crippen LogP contribution in [0.1, 0.15) is 22.0 Å². The SMILES string of the molecule is COc1cccc(OC)c1C(=O)NCC(c1ccc(N(C)C)cc1)N1CCOCC1. The van der Waals surface area contributed by atoms with Crippen LogP contribution in [0.4, 0.5) is 5.69 Å². The highest BCUT2D eigenvalue weighted by Crippen LogP contribution is 2.29. The number of benzene rings is 2. The second-order valence-electron chi connectivity index (χ2n) is 7.40. The average molecular weight is 414 g/mol. The van der Waals surface area contributed by atoms with E-state index in [4.69, 9.17) is 14.2 Å². The molecular formula is C23H31N3O4. The van der Waals surface area contributed by atoms with Crippen LogP contribution < -0.4 is 19.7 Å². The van der Waals surface area contributed by atoms with E-state index in [2.05, 4.69) is 39.4 Å². The van der Waals surface area contributed by atoms with E-state index >= 15 is 0 Å². The summed E-state index contributed by atoms with van der Waals surface area (Å²) in [5, 5.41) is 3.09. The minimum atomic E-state index is -0.215. The maximum atomic E-state index is 13.0. The maximum absolute atomic E-state index is 13.0. The molecule has 1 N–H and O–H groups in total. The number of hydrogen-bond acceptors (Lipinski definition) is 6. The van der Waals surface area contributed by atoms with E-state index in [9.17, 15) is 4.79 Å². The zero-order valence-electron chi connectivity index (χ0n) is 18.2. The number of ether oxygens (including phenoxy) is 3. The Labute approximate surface area is 178 Å². The maximum Gasteiger partial charge on any atom is 0.258 e. The quantitative estimate of drug-likeness (QED) is 0.718. The molecule has 0 aromatic heterocycles. The topological polar surface area (TPSA) is 63.3 Å². The number of amides is 1. The van der Waals surface area contributed by atoms with Crippen LogP contribution >= 0.6 is 0 Å². The van der Waals surface area contributed by atoms with E-state index in [0.29, 0.717) is 36.8 Å². The molecule has 0 saturated carbocycles. The summed E-state index contributed by atoms with van der Waals surface area (Å²) in [4.78, 5) is 17.5. The van der Waals surface area contributed by atoms with Crippen LogP contribution in [-0.4, -0.2) is 72.0 Å². The lowest BCUT2D eigenvalue weighted by atomic mass is 10.0. The lowest BCUT2D eigenvalue weighted by molar-refractivity contribution is 0.0162. The standard InChI is InChI=1S/C23H31N3O4/c1-25(2)18-10-8-17(9-11-18)19(26-12-14-30-15-13-26)16-24-23(27)22-20(28-3)6-5-7-21(22)29-4/h5-11,19H,12-16H2,1-4H3,(H,24,27). The van der Waals surface area contributed by atoms with E-state index in [-0.39, 0.29) is 11.9 Å². The van der Waals surface area contributed by atoms with Gasteiger partial charge in [0.05, 0.1) is 33.5 Å². The van der Waals surface area contributed by atoms with Gasteiger partial charge >= 0.3 is 0 Å². The third kappa shape index (κ3) is 5.04. The van der Waals surface area contributed by atoms with Gasteiger partial charge in [0.2, 0.25) is 0 Å². The van der Waals surface area contributed by atoms with Crippen molar-refractivity contribution in [1.29, 1.82) is 0 Å². The van der Waals surface area contributed by atoms with Crippen molar-refractivity contribution in [2.45, 2.75) is 6.04 Å². The molecule has 1 aliphatic heterocycles. The molecule has 1 saturated heterocycles. The molecule has 1 aliphatic rings. The summed E-state index contributed by atoms with van der Waals surface area (Å²) in [7, 11) is 7.15. The molecule has 0 aliphatic carbocycles. The summed E-state index contributed by atoms with van der Waals surface area (Å²) in [6.45, 7) is 3.52. The molecule has 0 bridgehead atoms. The molecule has 0 spiro atoms. The van der Waals surface area contributed by atoms with Crippen LogP contribution in [0.5, 0.6) is 11.5 Å². The van der Waals surface area contributed by atoms with Crippen molar-refractivity contribution in [3.8, 4) is 11.5 Å². The fraction of sp³-hybridized carbons (Fsp3) is 0.435. The first kappa shape index (κ1) is 21.9. The Morgan fingerprint density at radius 1 is 1.07 bits per heavy atom. The van der Waals surface area contributed by atoms with Crippen LogP contribution in [-0.2, 0) is 4.74 Å². The van der Waals surface area contributed by atoms with Gasteiger partial charge < -0.3 is 24.4 Å². The van der Waals surface area contributed by atoms with Gasteiger partial charge in [-0.25, -0.2) is 0 Å². The number of nitrogens with one attached hydrogen (secondary N) is 1. The number of rotatable bonds is 8. The summed E-state index contributed by atoms with van der Waals surface area (Å²) in [6.07, 6.45) is 0. The minimum absolute atomic E-state index is 0.0507. The summed E-state index contributed by atoms with van der Waals surface area (Å²) < 4.78 is 16.3. The van der Waals surface area contributed by atoms with Gasteiger partial charge in [-0.05, 0) is 29.8 Å². The molecule has 2 aromatic carbocycles. The molecule has 1 amide bonds. The van der Waals surface area contributed by atoms with Gasteiger partial charge in [0, 0.05) is 39.4 Å². The molecule has 30 heavy (non-hydrogen) atoms. The van der Waals surface area contributed by atoms with Crippen LogP contribution in [0.25, 0.3) is 0 Å². The molecule has 1 unspecified atom stereocenters. The summed E-state index contributed by atoms with van der Waals surface area (Å²) in [5.41, 5.74) is 2.71. The lowest BCUT2D eigenvalue weighted by Crippen LogP contribution is -2.43. The molecule has 2 aromatic rings. The third-order valence-electron chi connectivity index (χ3n) is 5.39. The van der Waals surface area contributed by atoms with Gasteiger partial charge in [-0.3, -0.25) is 9.69 Å². The fourth-order valence-corrected chi connectivity index (χ4v) is 3.69. The fourth-order valence-electron chi connectivity index (χ4n) is 3.69. The molecule has 1 heterocycles. The largest absolute Gasteiger partial charge is 0.496 e. The van der Waals surface area contributed by atoms with E-state index < -0.39 is 0 Å². The van der Waals surface area contributed by atoms with Crippen molar-refractivity contribution in [1.82, 2.24) is 10.2 Å². The summed E-state index contributed by atoms with van der Waals surface area (Å²) >= 11 is 0. The molecule has 0 radical (unpaired) electrons. The van der Waals surface area contributed by atoms with Crippen molar-refractivity contribution in [3.05, 3.63) is 53.6 Å². The van der Waals surface area contributed by atoms with Crippen molar-refractivity contribution in [3.63, 3.8) is 0 Å². The molecule has 162 valence electrons. The average Bonchev–Trinajstić information content (AvgIpc) is 2.79. The molecular weight excluding hydrogens is 382 g/mol. The Morgan fingerprint density at radius 2 is 1.67 bits per heavy atom. The van der Waals surface area contributed by atoms with Gasteiger partial charge in [-0.15, -0.1) is 0 Å². The van der Waals surface area contributed by atoms with Crippen molar-refractivity contribution >= 4 is 11.6 Å². The molecule has 7 heteroatoms. The van der Waals surface area contributed by atoms with Crippen LogP contribution in [0.15, 0.2) is 42.5 Å². The molecule has 3 rings (SSSR count). The smallest absolute Gasteiger partial charge is 0.258 e. The molecule has 7 nitrogen and oxygen atoms in total. The highest BCUT2D eigenvalue weighted by molar-refractivity contribution is 5.99. The Kier molecular flexibility index (Phi) is 7.54. The Bertz CT molecular complexity index is 811. The normalized spacial score (nSPS) is 15.3. The van der Waals surface area contributed by atoms with Gasteiger partial charge in [0.15, 0.2) is 0 Å². The van der Waals surface area contributed by atoms with Crippen LogP contribution in [0.2, 0.25) is 0 Å². The van der Waals surface area contributed by atoms with Crippen molar-refractivity contribution in [2.75, 3.05) is 66.1 Å². The predicted molar refractivity (Wildman–Crippen MR) is 118 cm³/mol. The van der Waals surface area contributed by atoms with Gasteiger partial charge in [0.25, 0.3) is 5.91 Å².